The number of benzene rings is 3. The van der Waals surface area contributed by atoms with E-state index in [-0.39, 0.29) is 23.6 Å². The van der Waals surface area contributed by atoms with Gasteiger partial charge in [0.1, 0.15) is 24.0 Å². The van der Waals surface area contributed by atoms with Gasteiger partial charge in [0.05, 0.1) is 11.1 Å². The van der Waals surface area contributed by atoms with Crippen LogP contribution in [0, 0.1) is 30.9 Å². The van der Waals surface area contributed by atoms with Gasteiger partial charge in [-0.25, -0.2) is 13.6 Å². The van der Waals surface area contributed by atoms with E-state index in [9.17, 15) is 13.6 Å². The fourth-order valence-corrected chi connectivity index (χ4v) is 3.21. The molecule has 0 fully saturated rings. The van der Waals surface area contributed by atoms with E-state index >= 15 is 0 Å². The molecule has 3 aromatic rings. The molecule has 6 heteroatoms. The maximum atomic E-state index is 14.1. The smallest absolute Gasteiger partial charge is 0.341 e. The average Bonchev–Trinajstić information content (AvgIpc) is 2.79. The van der Waals surface area contributed by atoms with E-state index in [4.69, 9.17) is 14.9 Å². The van der Waals surface area contributed by atoms with Crippen LogP contribution in [0.25, 0.3) is 5.57 Å². The Morgan fingerprint density at radius 2 is 1.50 bits per heavy atom. The summed E-state index contributed by atoms with van der Waals surface area (Å²) < 4.78 is 38.6. The minimum atomic E-state index is -0.724. The molecule has 0 aliphatic rings. The van der Waals surface area contributed by atoms with Crippen LogP contribution in [0.15, 0.2) is 78.9 Å². The SMILES string of the molecule is C/C=C(\C=C/COC(=O)c1ccc(C)cc1F)c1ccc(OC(=N)c2ccc(C)cc2F)cc1. The topological polar surface area (TPSA) is 59.4 Å². The van der Waals surface area contributed by atoms with Gasteiger partial charge in [0.2, 0.25) is 5.90 Å². The number of hydrogen-bond acceptors (Lipinski definition) is 4. The zero-order chi connectivity index (χ0) is 24.7. The van der Waals surface area contributed by atoms with Gasteiger partial charge >= 0.3 is 5.97 Å². The molecule has 3 rings (SSSR count). The quantitative estimate of drug-likeness (QED) is 0.182. The molecule has 0 saturated heterocycles. The minimum absolute atomic E-state index is 0.00996. The molecule has 0 heterocycles. The van der Waals surface area contributed by atoms with Crippen LogP contribution in [0.3, 0.4) is 0 Å². The number of nitrogens with one attached hydrogen (secondary N) is 1. The van der Waals surface area contributed by atoms with Crippen molar-refractivity contribution >= 4 is 17.4 Å². The van der Waals surface area contributed by atoms with Crippen molar-refractivity contribution in [2.45, 2.75) is 20.8 Å². The lowest BCUT2D eigenvalue weighted by molar-refractivity contribution is 0.0544. The number of halogens is 2. The van der Waals surface area contributed by atoms with Gasteiger partial charge in [-0.05, 0) is 85.5 Å². The predicted octanol–water partition coefficient (Wildman–Crippen LogP) is 6.80. The first kappa shape index (κ1) is 24.6. The van der Waals surface area contributed by atoms with Gasteiger partial charge in [0, 0.05) is 0 Å². The monoisotopic (exact) mass is 461 g/mol. The van der Waals surface area contributed by atoms with Gasteiger partial charge in [0.15, 0.2) is 0 Å². The third kappa shape index (κ3) is 6.25. The van der Waals surface area contributed by atoms with Crippen molar-refractivity contribution in [2.75, 3.05) is 6.61 Å². The molecule has 0 amide bonds. The molecule has 1 N–H and O–H groups in total. The number of esters is 1. The van der Waals surface area contributed by atoms with Crippen molar-refractivity contribution in [1.82, 2.24) is 0 Å². The molecule has 0 aromatic heterocycles. The molecule has 3 aromatic carbocycles. The fourth-order valence-electron chi connectivity index (χ4n) is 3.21. The van der Waals surface area contributed by atoms with Crippen molar-refractivity contribution in [2.24, 2.45) is 0 Å². The number of rotatable bonds is 7. The Labute approximate surface area is 197 Å². The Morgan fingerprint density at radius 1 is 0.912 bits per heavy atom. The van der Waals surface area contributed by atoms with Gasteiger partial charge < -0.3 is 9.47 Å². The molecule has 0 spiro atoms. The molecule has 0 radical (unpaired) electrons. The van der Waals surface area contributed by atoms with Gasteiger partial charge in [-0.15, -0.1) is 0 Å². The number of carbonyl (C=O) groups is 1. The zero-order valence-corrected chi connectivity index (χ0v) is 19.2. The van der Waals surface area contributed by atoms with Gasteiger partial charge in [-0.2, -0.15) is 0 Å². The van der Waals surface area contributed by atoms with Crippen molar-refractivity contribution < 1.29 is 23.0 Å². The normalized spacial score (nSPS) is 11.5. The van der Waals surface area contributed by atoms with Crippen LogP contribution in [0.4, 0.5) is 8.78 Å². The summed E-state index contributed by atoms with van der Waals surface area (Å²) in [6.07, 6.45) is 5.34. The Balaban J connectivity index is 1.58. The van der Waals surface area contributed by atoms with Crippen LogP contribution >= 0.6 is 0 Å². The Hall–Kier alpha value is -4.06. The van der Waals surface area contributed by atoms with E-state index in [0.29, 0.717) is 5.75 Å². The van der Waals surface area contributed by atoms with Crippen molar-refractivity contribution in [1.29, 1.82) is 5.41 Å². The van der Waals surface area contributed by atoms with Crippen LogP contribution in [0.1, 0.15) is 39.5 Å². The lowest BCUT2D eigenvalue weighted by atomic mass is 10.1. The first-order chi connectivity index (χ1) is 16.3. The number of ether oxygens (including phenoxy) is 2. The first-order valence-electron chi connectivity index (χ1n) is 10.7. The molecular formula is C28H25F2NO3. The van der Waals surface area contributed by atoms with Crippen LogP contribution in [-0.4, -0.2) is 18.5 Å². The molecule has 0 bridgehead atoms. The third-order valence-corrected chi connectivity index (χ3v) is 5.04. The number of hydrogen-bond donors (Lipinski definition) is 1. The summed E-state index contributed by atoms with van der Waals surface area (Å²) in [5.74, 6) is -1.71. The summed E-state index contributed by atoms with van der Waals surface area (Å²) in [5, 5.41) is 8.04. The molecule has 174 valence electrons. The van der Waals surface area contributed by atoms with E-state index in [1.807, 2.05) is 25.1 Å². The van der Waals surface area contributed by atoms with Crippen LogP contribution in [0.2, 0.25) is 0 Å². The highest BCUT2D eigenvalue weighted by atomic mass is 19.1. The van der Waals surface area contributed by atoms with E-state index < -0.39 is 17.6 Å². The molecule has 0 aliphatic carbocycles. The second kappa shape index (κ2) is 11.2. The van der Waals surface area contributed by atoms with Gasteiger partial charge in [-0.1, -0.05) is 36.4 Å². The Morgan fingerprint density at radius 3 is 2.06 bits per heavy atom. The fraction of sp³-hybridized carbons (Fsp3) is 0.143. The molecule has 0 saturated carbocycles. The lowest BCUT2D eigenvalue weighted by Crippen LogP contribution is -2.10. The maximum Gasteiger partial charge on any atom is 0.341 e. The summed E-state index contributed by atoms with van der Waals surface area (Å²) >= 11 is 0. The highest BCUT2D eigenvalue weighted by molar-refractivity contribution is 5.93. The summed E-state index contributed by atoms with van der Waals surface area (Å²) in [5.41, 5.74) is 3.22. The minimum Gasteiger partial charge on any atom is -0.458 e. The zero-order valence-electron chi connectivity index (χ0n) is 19.2. The summed E-state index contributed by atoms with van der Waals surface area (Å²) in [6.45, 7) is 5.38. The van der Waals surface area contributed by atoms with E-state index in [2.05, 4.69) is 0 Å². The molecule has 34 heavy (non-hydrogen) atoms. The van der Waals surface area contributed by atoms with Crippen molar-refractivity contribution in [3.05, 3.63) is 118 Å². The van der Waals surface area contributed by atoms with E-state index in [1.165, 1.54) is 24.3 Å². The maximum absolute atomic E-state index is 14.1. The third-order valence-electron chi connectivity index (χ3n) is 5.04. The van der Waals surface area contributed by atoms with Crippen LogP contribution < -0.4 is 4.74 Å². The first-order valence-corrected chi connectivity index (χ1v) is 10.7. The largest absolute Gasteiger partial charge is 0.458 e. The second-order valence-electron chi connectivity index (χ2n) is 7.67. The highest BCUT2D eigenvalue weighted by Gasteiger charge is 2.13. The van der Waals surface area contributed by atoms with Crippen molar-refractivity contribution in [3.8, 4) is 5.75 Å². The summed E-state index contributed by atoms with van der Waals surface area (Å²) in [4.78, 5) is 12.1. The molecular weight excluding hydrogens is 436 g/mol. The Kier molecular flexibility index (Phi) is 8.09. The van der Waals surface area contributed by atoms with Gasteiger partial charge in [0.25, 0.3) is 0 Å². The molecule has 0 aliphatic heterocycles. The van der Waals surface area contributed by atoms with E-state index in [1.54, 1.807) is 50.3 Å². The number of carbonyl (C=O) groups excluding carboxylic acids is 1. The number of aryl methyl sites for hydroxylation is 2. The van der Waals surface area contributed by atoms with E-state index in [0.717, 1.165) is 22.3 Å². The summed E-state index contributed by atoms with van der Waals surface area (Å²) in [7, 11) is 0. The van der Waals surface area contributed by atoms with Gasteiger partial charge in [-0.3, -0.25) is 5.41 Å². The lowest BCUT2D eigenvalue weighted by Gasteiger charge is -2.10. The predicted molar refractivity (Wildman–Crippen MR) is 129 cm³/mol. The highest BCUT2D eigenvalue weighted by Crippen LogP contribution is 2.21. The molecule has 4 nitrogen and oxygen atoms in total. The standard InChI is InChI=1S/C28H25F2NO3/c1-4-20(6-5-15-33-28(32)24-14-8-19(3)17-26(24)30)21-9-11-22(12-10-21)34-27(31)23-13-7-18(2)16-25(23)29/h4-14,16-17,31H,15H2,1-3H3/b6-5-,20-4+,31-27?. The van der Waals surface area contributed by atoms with Crippen LogP contribution in [-0.2, 0) is 4.74 Å². The van der Waals surface area contributed by atoms with Crippen molar-refractivity contribution in [3.63, 3.8) is 0 Å². The molecule has 0 atom stereocenters. The Bertz CT molecular complexity index is 1260. The summed E-state index contributed by atoms with van der Waals surface area (Å²) in [6, 6.07) is 15.9. The second-order valence-corrected chi connectivity index (χ2v) is 7.67. The molecule has 0 unspecified atom stereocenters. The number of allylic oxidation sites excluding steroid dienone is 3. The average molecular weight is 462 g/mol. The van der Waals surface area contributed by atoms with Crippen LogP contribution in [0.5, 0.6) is 5.75 Å².